The largest absolute Gasteiger partial charge is 0.463 e. The number of thiophene rings is 1. The highest BCUT2D eigenvalue weighted by atomic mass is 32.1. The Kier molecular flexibility index (Phi) is 4.65. The van der Waals surface area contributed by atoms with E-state index in [9.17, 15) is 14.7 Å². The molecule has 1 rings (SSSR count). The van der Waals surface area contributed by atoms with Crippen LogP contribution in [0.15, 0.2) is 17.5 Å². The average molecular weight is 258 g/mol. The lowest BCUT2D eigenvalue weighted by Crippen LogP contribution is -2.45. The zero-order valence-electron chi connectivity index (χ0n) is 9.63. The lowest BCUT2D eigenvalue weighted by molar-refractivity contribution is -0.184. The molecule has 0 unspecified atom stereocenters. The van der Waals surface area contributed by atoms with Gasteiger partial charge in [0, 0.05) is 0 Å². The molecule has 5 nitrogen and oxygen atoms in total. The van der Waals surface area contributed by atoms with Crippen molar-refractivity contribution in [1.82, 2.24) is 0 Å². The zero-order valence-corrected chi connectivity index (χ0v) is 10.5. The van der Waals surface area contributed by atoms with Gasteiger partial charge in [-0.2, -0.15) is 0 Å². The third-order valence-corrected chi connectivity index (χ3v) is 3.00. The number of hydrogen-bond donors (Lipinski definition) is 1. The third kappa shape index (κ3) is 2.65. The molecule has 6 heteroatoms. The Bertz CT molecular complexity index is 367. The number of carbonyl (C=O) groups is 2. The van der Waals surface area contributed by atoms with Crippen LogP contribution in [0, 0.1) is 0 Å². The molecule has 0 radical (unpaired) electrons. The van der Waals surface area contributed by atoms with E-state index in [0.717, 1.165) is 11.3 Å². The van der Waals surface area contributed by atoms with Crippen molar-refractivity contribution in [3.05, 3.63) is 22.4 Å². The minimum absolute atomic E-state index is 0.0753. The van der Waals surface area contributed by atoms with Crippen molar-refractivity contribution < 1.29 is 24.2 Å². The monoisotopic (exact) mass is 258 g/mol. The van der Waals surface area contributed by atoms with Crippen molar-refractivity contribution >= 4 is 23.3 Å². The Morgan fingerprint density at radius 3 is 2.18 bits per heavy atom. The lowest BCUT2D eigenvalue weighted by atomic mass is 10.0. The maximum atomic E-state index is 11.7. The predicted octanol–water partition coefficient (Wildman–Crippen LogP) is 1.06. The van der Waals surface area contributed by atoms with Crippen LogP contribution in [-0.4, -0.2) is 30.3 Å². The topological polar surface area (TPSA) is 72.8 Å². The summed E-state index contributed by atoms with van der Waals surface area (Å²) in [5, 5.41) is 11.9. The van der Waals surface area contributed by atoms with Gasteiger partial charge >= 0.3 is 11.9 Å². The lowest BCUT2D eigenvalue weighted by Gasteiger charge is -2.22. The van der Waals surface area contributed by atoms with Gasteiger partial charge in [-0.25, -0.2) is 9.59 Å². The zero-order chi connectivity index (χ0) is 12.9. The van der Waals surface area contributed by atoms with Crippen LogP contribution in [0.3, 0.4) is 0 Å². The van der Waals surface area contributed by atoms with Crippen molar-refractivity contribution in [2.45, 2.75) is 19.4 Å². The van der Waals surface area contributed by atoms with Crippen LogP contribution in [0.4, 0.5) is 0 Å². The molecule has 17 heavy (non-hydrogen) atoms. The molecule has 94 valence electrons. The Morgan fingerprint density at radius 1 is 1.29 bits per heavy atom. The van der Waals surface area contributed by atoms with Crippen molar-refractivity contribution in [2.75, 3.05) is 13.2 Å². The van der Waals surface area contributed by atoms with E-state index in [1.807, 2.05) is 0 Å². The third-order valence-electron chi connectivity index (χ3n) is 2.02. The number of esters is 2. The van der Waals surface area contributed by atoms with E-state index in [0.29, 0.717) is 0 Å². The average Bonchev–Trinajstić information content (AvgIpc) is 2.82. The molecular formula is C11H14O5S. The van der Waals surface area contributed by atoms with E-state index < -0.39 is 17.5 Å². The van der Waals surface area contributed by atoms with Gasteiger partial charge in [0.05, 0.1) is 18.1 Å². The molecular weight excluding hydrogens is 244 g/mol. The van der Waals surface area contributed by atoms with Crippen LogP contribution in [0.2, 0.25) is 0 Å². The summed E-state index contributed by atoms with van der Waals surface area (Å²) in [4.78, 5) is 23.6. The highest BCUT2D eigenvalue weighted by Gasteiger charge is 2.50. The van der Waals surface area contributed by atoms with E-state index in [4.69, 9.17) is 9.47 Å². The molecule has 0 fully saturated rings. The molecule has 0 saturated carbocycles. The molecule has 0 amide bonds. The molecule has 0 atom stereocenters. The van der Waals surface area contributed by atoms with Gasteiger partial charge in [0.1, 0.15) is 0 Å². The van der Waals surface area contributed by atoms with Crippen molar-refractivity contribution in [2.24, 2.45) is 0 Å². The van der Waals surface area contributed by atoms with Gasteiger partial charge in [0.25, 0.3) is 5.60 Å². The summed E-state index contributed by atoms with van der Waals surface area (Å²) in [5.41, 5.74) is -2.36. The normalized spacial score (nSPS) is 11.0. The van der Waals surface area contributed by atoms with Gasteiger partial charge in [-0.15, -0.1) is 11.3 Å². The number of rotatable bonds is 5. The summed E-state index contributed by atoms with van der Waals surface area (Å²) in [6, 6.07) is 3.11. The standard InChI is InChI=1S/C11H14O5S/c1-3-15-9(12)11(14,10(13)16-4-2)8-6-5-7-17-8/h5-7,14H,3-4H2,1-2H3. The van der Waals surface area contributed by atoms with Crippen LogP contribution < -0.4 is 0 Å². The van der Waals surface area contributed by atoms with E-state index >= 15 is 0 Å². The van der Waals surface area contributed by atoms with Crippen LogP contribution in [0.1, 0.15) is 18.7 Å². The number of hydrogen-bond acceptors (Lipinski definition) is 6. The molecule has 1 N–H and O–H groups in total. The SMILES string of the molecule is CCOC(=O)C(O)(C(=O)OCC)c1cccs1. The summed E-state index contributed by atoms with van der Waals surface area (Å²) in [7, 11) is 0. The molecule has 0 aliphatic rings. The van der Waals surface area contributed by atoms with Gasteiger partial charge in [-0.3, -0.25) is 0 Å². The Hall–Kier alpha value is -1.40. The molecule has 1 aromatic heterocycles. The minimum Gasteiger partial charge on any atom is -0.463 e. The second kappa shape index (κ2) is 5.79. The molecule has 0 spiro atoms. The Morgan fingerprint density at radius 2 is 1.82 bits per heavy atom. The van der Waals surface area contributed by atoms with Gasteiger partial charge in [-0.1, -0.05) is 6.07 Å². The van der Waals surface area contributed by atoms with E-state index in [1.54, 1.807) is 25.3 Å². The summed E-state index contributed by atoms with van der Waals surface area (Å²) in [6.07, 6.45) is 0. The van der Waals surface area contributed by atoms with Crippen LogP contribution in [0.5, 0.6) is 0 Å². The fourth-order valence-electron chi connectivity index (χ4n) is 1.24. The maximum absolute atomic E-state index is 11.7. The number of ether oxygens (including phenoxy) is 2. The highest BCUT2D eigenvalue weighted by molar-refractivity contribution is 7.10. The molecule has 1 aromatic rings. The second-order valence-electron chi connectivity index (χ2n) is 3.13. The summed E-state index contributed by atoms with van der Waals surface area (Å²) in [5.74, 6) is -2.03. The Balaban J connectivity index is 3.09. The first kappa shape index (κ1) is 13.7. The van der Waals surface area contributed by atoms with Crippen LogP contribution in [-0.2, 0) is 24.7 Å². The van der Waals surface area contributed by atoms with Gasteiger partial charge in [-0.05, 0) is 25.3 Å². The maximum Gasteiger partial charge on any atom is 0.355 e. The molecule has 1 heterocycles. The van der Waals surface area contributed by atoms with Crippen LogP contribution >= 0.6 is 11.3 Å². The fourth-order valence-corrected chi connectivity index (χ4v) is 2.04. The molecule has 0 saturated heterocycles. The second-order valence-corrected chi connectivity index (χ2v) is 4.08. The molecule has 0 aliphatic carbocycles. The van der Waals surface area contributed by atoms with E-state index in [-0.39, 0.29) is 18.1 Å². The smallest absolute Gasteiger partial charge is 0.355 e. The molecule has 0 bridgehead atoms. The number of aliphatic hydroxyl groups is 1. The fraction of sp³-hybridized carbons (Fsp3) is 0.455. The molecule has 0 aromatic carbocycles. The first-order chi connectivity index (χ1) is 8.07. The summed E-state index contributed by atoms with van der Waals surface area (Å²) < 4.78 is 9.43. The Labute approximate surface area is 103 Å². The quantitative estimate of drug-likeness (QED) is 0.631. The van der Waals surface area contributed by atoms with Crippen molar-refractivity contribution in [1.29, 1.82) is 0 Å². The van der Waals surface area contributed by atoms with Crippen molar-refractivity contribution in [3.63, 3.8) is 0 Å². The number of carbonyl (C=O) groups excluding carboxylic acids is 2. The highest BCUT2D eigenvalue weighted by Crippen LogP contribution is 2.28. The van der Waals surface area contributed by atoms with Gasteiger partial charge in [0.2, 0.25) is 0 Å². The van der Waals surface area contributed by atoms with E-state index in [1.165, 1.54) is 6.07 Å². The molecule has 0 aliphatic heterocycles. The van der Waals surface area contributed by atoms with Gasteiger partial charge in [0.15, 0.2) is 0 Å². The van der Waals surface area contributed by atoms with Gasteiger partial charge < -0.3 is 14.6 Å². The van der Waals surface area contributed by atoms with Crippen molar-refractivity contribution in [3.8, 4) is 0 Å². The first-order valence-electron chi connectivity index (χ1n) is 5.18. The first-order valence-corrected chi connectivity index (χ1v) is 6.06. The van der Waals surface area contributed by atoms with Crippen LogP contribution in [0.25, 0.3) is 0 Å². The summed E-state index contributed by atoms with van der Waals surface area (Å²) in [6.45, 7) is 3.34. The predicted molar refractivity (Wildman–Crippen MR) is 61.5 cm³/mol. The van der Waals surface area contributed by atoms with E-state index in [2.05, 4.69) is 0 Å². The minimum atomic E-state index is -2.36. The summed E-state index contributed by atoms with van der Waals surface area (Å²) >= 11 is 1.09.